The number of phenolic OH excluding ortho intramolecular Hbond substituents is 1. The van der Waals surface area contributed by atoms with Crippen LogP contribution in [0.1, 0.15) is 39.5 Å². The monoisotopic (exact) mass is 520 g/mol. The normalized spacial score (nSPS) is 16.6. The topological polar surface area (TPSA) is 126 Å². The summed E-state index contributed by atoms with van der Waals surface area (Å²) in [6, 6.07) is 11.3. The maximum atomic E-state index is 13.3. The van der Waals surface area contributed by atoms with Gasteiger partial charge in [0.05, 0.1) is 23.9 Å². The van der Waals surface area contributed by atoms with Crippen LogP contribution in [0.2, 0.25) is 0 Å². The number of nitrogens with zero attached hydrogens (tertiary/aromatic N) is 2. The molecule has 1 aromatic heterocycles. The van der Waals surface area contributed by atoms with Gasteiger partial charge in [-0.3, -0.25) is 14.5 Å². The second-order valence-electron chi connectivity index (χ2n) is 8.02. The largest absolute Gasteiger partial charge is 0.508 e. The minimum absolute atomic E-state index is 0.0863. The van der Waals surface area contributed by atoms with Gasteiger partial charge in [-0.25, -0.2) is 9.78 Å². The number of ether oxygens (including phenoxy) is 2. The third-order valence-electron chi connectivity index (χ3n) is 5.58. The highest BCUT2D eigenvalue weighted by Crippen LogP contribution is 2.44. The number of aromatic hydroxyl groups is 1. The number of esters is 1. The third kappa shape index (κ3) is 4.96. The van der Waals surface area contributed by atoms with E-state index in [0.717, 1.165) is 16.2 Å². The van der Waals surface area contributed by atoms with E-state index in [1.807, 2.05) is 0 Å². The SMILES string of the molecule is C=CCOc1ccc(C(O)=C2C(=O)C(=O)N(c3nc(C)c(C(=O)OCC)s3)[C@@H]2c2cccc(O)c2)cc1. The molecule has 2 aromatic carbocycles. The Morgan fingerprint density at radius 2 is 1.95 bits per heavy atom. The fourth-order valence-electron chi connectivity index (χ4n) is 3.93. The Balaban J connectivity index is 1.85. The van der Waals surface area contributed by atoms with Crippen LogP contribution in [0.15, 0.2) is 66.8 Å². The lowest BCUT2D eigenvalue weighted by Crippen LogP contribution is -2.29. The number of aryl methyl sites for hydroxylation is 1. The molecule has 0 bridgehead atoms. The van der Waals surface area contributed by atoms with Gasteiger partial charge in [-0.2, -0.15) is 0 Å². The minimum atomic E-state index is -1.11. The molecule has 37 heavy (non-hydrogen) atoms. The molecule has 0 radical (unpaired) electrons. The molecule has 1 aliphatic heterocycles. The van der Waals surface area contributed by atoms with Crippen molar-refractivity contribution in [1.29, 1.82) is 0 Å². The Kier molecular flexibility index (Phi) is 7.40. The van der Waals surface area contributed by atoms with Crippen molar-refractivity contribution < 1.29 is 34.1 Å². The molecule has 3 aromatic rings. The maximum Gasteiger partial charge on any atom is 0.350 e. The summed E-state index contributed by atoms with van der Waals surface area (Å²) in [6.45, 7) is 7.33. The molecule has 1 aliphatic rings. The maximum absolute atomic E-state index is 13.3. The standard InChI is InChI=1S/C27H24N2O7S/c1-4-13-36-19-11-9-16(10-12-19)22(31)20-21(17-7-6-8-18(30)14-17)29(25(33)23(20)32)27-28-15(3)24(37-27)26(34)35-5-2/h4,6-12,14,21,30-31H,1,5,13H2,2-3H3/t21-/m1/s1. The lowest BCUT2D eigenvalue weighted by Gasteiger charge is -2.23. The minimum Gasteiger partial charge on any atom is -0.508 e. The van der Waals surface area contributed by atoms with Crippen molar-refractivity contribution in [3.63, 3.8) is 0 Å². The van der Waals surface area contributed by atoms with Crippen molar-refractivity contribution in [3.8, 4) is 11.5 Å². The first-order valence-corrected chi connectivity index (χ1v) is 12.2. The van der Waals surface area contributed by atoms with Crippen LogP contribution in [0.25, 0.3) is 5.76 Å². The molecule has 2 N–H and O–H groups in total. The first kappa shape index (κ1) is 25.6. The number of amides is 1. The lowest BCUT2D eigenvalue weighted by atomic mass is 9.95. The molecule has 4 rings (SSSR count). The van der Waals surface area contributed by atoms with Gasteiger partial charge in [0.25, 0.3) is 5.78 Å². The van der Waals surface area contributed by atoms with Crippen molar-refractivity contribution >= 4 is 39.9 Å². The van der Waals surface area contributed by atoms with Crippen LogP contribution in [0.4, 0.5) is 5.13 Å². The molecule has 190 valence electrons. The summed E-state index contributed by atoms with van der Waals surface area (Å²) < 4.78 is 10.5. The first-order chi connectivity index (χ1) is 17.8. The highest BCUT2D eigenvalue weighted by Gasteiger charge is 2.48. The predicted molar refractivity (Wildman–Crippen MR) is 138 cm³/mol. The van der Waals surface area contributed by atoms with Crippen molar-refractivity contribution in [3.05, 3.63) is 88.5 Å². The van der Waals surface area contributed by atoms with Crippen molar-refractivity contribution in [2.75, 3.05) is 18.1 Å². The number of carbonyl (C=O) groups excluding carboxylic acids is 3. The fourth-order valence-corrected chi connectivity index (χ4v) is 4.92. The van der Waals surface area contributed by atoms with Crippen LogP contribution in [-0.4, -0.2) is 46.1 Å². The molecule has 0 unspecified atom stereocenters. The zero-order chi connectivity index (χ0) is 26.7. The van der Waals surface area contributed by atoms with Crippen molar-refractivity contribution in [2.45, 2.75) is 19.9 Å². The van der Waals surface area contributed by atoms with E-state index in [9.17, 15) is 24.6 Å². The van der Waals surface area contributed by atoms with Gasteiger partial charge in [0, 0.05) is 5.56 Å². The third-order valence-corrected chi connectivity index (χ3v) is 6.71. The summed E-state index contributed by atoms with van der Waals surface area (Å²) in [4.78, 5) is 44.6. The van der Waals surface area contributed by atoms with E-state index in [0.29, 0.717) is 23.6 Å². The van der Waals surface area contributed by atoms with E-state index in [2.05, 4.69) is 11.6 Å². The van der Waals surface area contributed by atoms with E-state index in [-0.39, 0.29) is 33.5 Å². The zero-order valence-corrected chi connectivity index (χ0v) is 20.9. The number of Topliss-reactive ketones (excluding diaryl/α,β-unsaturated/α-hetero) is 1. The molecule has 1 fully saturated rings. The van der Waals surface area contributed by atoms with Crippen LogP contribution in [0.3, 0.4) is 0 Å². The summed E-state index contributed by atoms with van der Waals surface area (Å²) in [5, 5.41) is 21.4. The van der Waals surface area contributed by atoms with Gasteiger partial charge in [0.1, 0.15) is 28.7 Å². The van der Waals surface area contributed by atoms with Gasteiger partial charge in [-0.05, 0) is 55.8 Å². The Morgan fingerprint density at radius 3 is 2.59 bits per heavy atom. The zero-order valence-electron chi connectivity index (χ0n) is 20.1. The van der Waals surface area contributed by atoms with E-state index >= 15 is 0 Å². The Labute approximate surface area is 216 Å². The molecule has 0 spiro atoms. The Bertz CT molecular complexity index is 1410. The van der Waals surface area contributed by atoms with Crippen LogP contribution in [0.5, 0.6) is 11.5 Å². The molecule has 1 saturated heterocycles. The highest BCUT2D eigenvalue weighted by atomic mass is 32.1. The summed E-state index contributed by atoms with van der Waals surface area (Å²) >= 11 is 0.908. The van der Waals surface area contributed by atoms with E-state index in [1.165, 1.54) is 12.1 Å². The van der Waals surface area contributed by atoms with Gasteiger partial charge >= 0.3 is 11.9 Å². The summed E-state index contributed by atoms with van der Waals surface area (Å²) in [5.41, 5.74) is 0.819. The average molecular weight is 521 g/mol. The number of ketones is 1. The number of rotatable bonds is 8. The number of benzene rings is 2. The average Bonchev–Trinajstić information content (AvgIpc) is 3.39. The number of hydrogen-bond donors (Lipinski definition) is 2. The summed E-state index contributed by atoms with van der Waals surface area (Å²) in [7, 11) is 0. The first-order valence-electron chi connectivity index (χ1n) is 11.3. The molecular formula is C27H24N2O7S. The van der Waals surface area contributed by atoms with Gasteiger partial charge in [0.15, 0.2) is 5.13 Å². The number of aliphatic hydroxyl groups excluding tert-OH is 1. The Morgan fingerprint density at radius 1 is 1.22 bits per heavy atom. The highest BCUT2D eigenvalue weighted by molar-refractivity contribution is 7.17. The number of hydrogen-bond acceptors (Lipinski definition) is 9. The second kappa shape index (κ2) is 10.7. The molecular weight excluding hydrogens is 496 g/mol. The van der Waals surface area contributed by atoms with E-state index in [4.69, 9.17) is 9.47 Å². The van der Waals surface area contributed by atoms with E-state index in [1.54, 1.807) is 56.3 Å². The van der Waals surface area contributed by atoms with Gasteiger partial charge in [-0.15, -0.1) is 0 Å². The Hall–Kier alpha value is -4.44. The second-order valence-corrected chi connectivity index (χ2v) is 9.00. The molecule has 2 heterocycles. The quantitative estimate of drug-likeness (QED) is 0.146. The van der Waals surface area contributed by atoms with Gasteiger partial charge < -0.3 is 19.7 Å². The lowest BCUT2D eigenvalue weighted by molar-refractivity contribution is -0.132. The number of aromatic nitrogens is 1. The molecule has 0 saturated carbocycles. The van der Waals surface area contributed by atoms with Crippen molar-refractivity contribution in [2.24, 2.45) is 0 Å². The summed E-state index contributed by atoms with van der Waals surface area (Å²) in [6.07, 6.45) is 1.60. The summed E-state index contributed by atoms with van der Waals surface area (Å²) in [5.74, 6) is -2.40. The number of carbonyl (C=O) groups is 3. The number of phenols is 1. The van der Waals surface area contributed by atoms with E-state index < -0.39 is 29.5 Å². The van der Waals surface area contributed by atoms with Crippen LogP contribution in [0, 0.1) is 6.92 Å². The molecule has 1 amide bonds. The predicted octanol–water partition coefficient (Wildman–Crippen LogP) is 4.52. The fraction of sp³-hybridized carbons (Fsp3) is 0.185. The molecule has 1 atom stereocenters. The molecule has 0 aliphatic carbocycles. The van der Waals surface area contributed by atoms with Gasteiger partial charge in [0.2, 0.25) is 0 Å². The van der Waals surface area contributed by atoms with Crippen LogP contribution < -0.4 is 9.64 Å². The molecule has 10 heteroatoms. The van der Waals surface area contributed by atoms with Gasteiger partial charge in [-0.1, -0.05) is 36.1 Å². The number of aliphatic hydroxyl groups is 1. The smallest absolute Gasteiger partial charge is 0.350 e. The molecule has 9 nitrogen and oxygen atoms in total. The van der Waals surface area contributed by atoms with Crippen molar-refractivity contribution in [1.82, 2.24) is 4.98 Å². The number of thiazole rings is 1. The van der Waals surface area contributed by atoms with Crippen LogP contribution in [-0.2, 0) is 14.3 Å². The van der Waals surface area contributed by atoms with Crippen LogP contribution >= 0.6 is 11.3 Å². The number of anilines is 1.